The second-order valence-corrected chi connectivity index (χ2v) is 6.21. The highest BCUT2D eigenvalue weighted by Crippen LogP contribution is 2.25. The van der Waals surface area contributed by atoms with Crippen LogP contribution < -0.4 is 10.1 Å². The molecular weight excluding hydrogens is 340 g/mol. The van der Waals surface area contributed by atoms with Gasteiger partial charge in [0.25, 0.3) is 5.91 Å². The van der Waals surface area contributed by atoms with Crippen molar-refractivity contribution in [3.63, 3.8) is 0 Å². The lowest BCUT2D eigenvalue weighted by atomic mass is 10.2. The predicted molar refractivity (Wildman–Crippen MR) is 105 cm³/mol. The smallest absolute Gasteiger partial charge is 0.262 e. The number of carbonyl (C=O) groups is 1. The van der Waals surface area contributed by atoms with E-state index in [4.69, 9.17) is 9.15 Å². The zero-order valence-electron chi connectivity index (χ0n) is 14.8. The van der Waals surface area contributed by atoms with Crippen LogP contribution in [0.2, 0.25) is 0 Å². The number of benzene rings is 3. The van der Waals surface area contributed by atoms with E-state index in [0.717, 1.165) is 22.2 Å². The van der Waals surface area contributed by atoms with Crippen LogP contribution in [0, 0.1) is 6.92 Å². The fourth-order valence-electron chi connectivity index (χ4n) is 2.67. The fraction of sp³-hybridized carbons (Fsp3) is 0.0909. The van der Waals surface area contributed by atoms with Gasteiger partial charge in [0.1, 0.15) is 11.3 Å². The number of hydrogen-bond donors (Lipinski definition) is 1. The molecular formula is C22H18N2O3. The number of fused-ring (bicyclic) bond motifs is 1. The molecule has 4 rings (SSSR count). The van der Waals surface area contributed by atoms with Crippen LogP contribution in [0.1, 0.15) is 5.56 Å². The Morgan fingerprint density at radius 1 is 1.00 bits per heavy atom. The molecule has 0 spiro atoms. The number of ether oxygens (including phenoxy) is 1. The van der Waals surface area contributed by atoms with E-state index in [0.29, 0.717) is 17.3 Å². The molecule has 134 valence electrons. The van der Waals surface area contributed by atoms with E-state index in [2.05, 4.69) is 10.3 Å². The Balaban J connectivity index is 1.38. The van der Waals surface area contributed by atoms with Crippen LogP contribution >= 0.6 is 0 Å². The van der Waals surface area contributed by atoms with E-state index < -0.39 is 0 Å². The fourth-order valence-corrected chi connectivity index (χ4v) is 2.67. The number of hydrogen-bond acceptors (Lipinski definition) is 4. The summed E-state index contributed by atoms with van der Waals surface area (Å²) in [6, 6.07) is 22.6. The van der Waals surface area contributed by atoms with Crippen molar-refractivity contribution in [3.05, 3.63) is 78.4 Å². The summed E-state index contributed by atoms with van der Waals surface area (Å²) >= 11 is 0. The molecule has 1 heterocycles. The maximum atomic E-state index is 12.1. The summed E-state index contributed by atoms with van der Waals surface area (Å²) in [6.45, 7) is 1.96. The first-order valence-electron chi connectivity index (χ1n) is 8.63. The Hall–Kier alpha value is -3.60. The summed E-state index contributed by atoms with van der Waals surface area (Å²) in [6.07, 6.45) is 0. The number of aromatic nitrogens is 1. The zero-order chi connectivity index (χ0) is 18.6. The van der Waals surface area contributed by atoms with Gasteiger partial charge in [-0.15, -0.1) is 0 Å². The van der Waals surface area contributed by atoms with Crippen molar-refractivity contribution in [2.75, 3.05) is 11.9 Å². The molecule has 1 amide bonds. The highest BCUT2D eigenvalue weighted by molar-refractivity contribution is 5.92. The molecule has 0 saturated heterocycles. The second kappa shape index (κ2) is 7.33. The van der Waals surface area contributed by atoms with Gasteiger partial charge in [-0.3, -0.25) is 4.79 Å². The predicted octanol–water partition coefficient (Wildman–Crippen LogP) is 4.82. The number of oxazole rings is 1. The topological polar surface area (TPSA) is 64.4 Å². The van der Waals surface area contributed by atoms with Crippen LogP contribution in [-0.4, -0.2) is 17.5 Å². The minimum Gasteiger partial charge on any atom is -0.484 e. The van der Waals surface area contributed by atoms with Crippen molar-refractivity contribution in [1.82, 2.24) is 4.98 Å². The van der Waals surface area contributed by atoms with Crippen LogP contribution in [0.25, 0.3) is 22.6 Å². The third-order valence-corrected chi connectivity index (χ3v) is 4.10. The summed E-state index contributed by atoms with van der Waals surface area (Å²) in [5, 5.41) is 2.81. The largest absolute Gasteiger partial charge is 0.484 e. The molecule has 0 aliphatic carbocycles. The average Bonchev–Trinajstić information content (AvgIpc) is 3.12. The molecule has 5 heteroatoms. The Bertz CT molecular complexity index is 1030. The molecule has 0 unspecified atom stereocenters. The Labute approximate surface area is 156 Å². The van der Waals surface area contributed by atoms with Gasteiger partial charge in [-0.1, -0.05) is 29.8 Å². The van der Waals surface area contributed by atoms with Gasteiger partial charge in [0.05, 0.1) is 0 Å². The number of nitrogens with zero attached hydrogens (tertiary/aromatic N) is 1. The molecule has 27 heavy (non-hydrogen) atoms. The van der Waals surface area contributed by atoms with E-state index in [1.54, 1.807) is 0 Å². The van der Waals surface area contributed by atoms with Crippen molar-refractivity contribution >= 4 is 22.7 Å². The van der Waals surface area contributed by atoms with Crippen molar-refractivity contribution < 1.29 is 13.9 Å². The van der Waals surface area contributed by atoms with Crippen LogP contribution in [0.4, 0.5) is 5.69 Å². The first-order chi connectivity index (χ1) is 13.2. The minimum absolute atomic E-state index is 0.0457. The van der Waals surface area contributed by atoms with E-state index in [9.17, 15) is 4.79 Å². The minimum atomic E-state index is -0.217. The Kier molecular flexibility index (Phi) is 4.58. The van der Waals surface area contributed by atoms with Crippen molar-refractivity contribution in [1.29, 1.82) is 0 Å². The normalized spacial score (nSPS) is 10.7. The number of anilines is 1. The van der Waals surface area contributed by atoms with Gasteiger partial charge >= 0.3 is 0 Å². The summed E-state index contributed by atoms with van der Waals surface area (Å²) in [7, 11) is 0. The maximum absolute atomic E-state index is 12.1. The van der Waals surface area contributed by atoms with E-state index in [1.807, 2.05) is 79.7 Å². The number of aryl methyl sites for hydroxylation is 1. The van der Waals surface area contributed by atoms with Crippen molar-refractivity contribution in [2.45, 2.75) is 6.92 Å². The molecule has 0 aliphatic rings. The van der Waals surface area contributed by atoms with Gasteiger partial charge in [-0.2, -0.15) is 0 Å². The van der Waals surface area contributed by atoms with Crippen LogP contribution in [0.3, 0.4) is 0 Å². The summed E-state index contributed by atoms with van der Waals surface area (Å²) < 4.78 is 11.2. The molecule has 1 N–H and O–H groups in total. The first-order valence-corrected chi connectivity index (χ1v) is 8.63. The van der Waals surface area contributed by atoms with Gasteiger partial charge in [0.2, 0.25) is 5.89 Å². The second-order valence-electron chi connectivity index (χ2n) is 6.21. The van der Waals surface area contributed by atoms with Crippen molar-refractivity contribution in [3.8, 4) is 17.2 Å². The van der Waals surface area contributed by atoms with E-state index in [1.165, 1.54) is 0 Å². The third kappa shape index (κ3) is 3.98. The molecule has 0 saturated carbocycles. The van der Waals surface area contributed by atoms with Gasteiger partial charge < -0.3 is 14.5 Å². The highest BCUT2D eigenvalue weighted by Gasteiger charge is 2.09. The summed E-state index contributed by atoms with van der Waals surface area (Å²) in [5.74, 6) is 1.00. The first kappa shape index (κ1) is 16.8. The lowest BCUT2D eigenvalue weighted by molar-refractivity contribution is -0.118. The lowest BCUT2D eigenvalue weighted by Gasteiger charge is -2.08. The lowest BCUT2D eigenvalue weighted by Crippen LogP contribution is -2.20. The molecule has 0 fully saturated rings. The van der Waals surface area contributed by atoms with Gasteiger partial charge in [-0.05, 0) is 55.5 Å². The van der Waals surface area contributed by atoms with Crippen LogP contribution in [0.5, 0.6) is 5.75 Å². The molecule has 0 bridgehead atoms. The number of nitrogens with one attached hydrogen (secondary N) is 1. The molecule has 0 atom stereocenters. The SMILES string of the molecule is Cc1ccc(OCC(=O)Nc2ccc(-c3nc4ccccc4o3)cc2)cc1. The van der Waals surface area contributed by atoms with Crippen LogP contribution in [0.15, 0.2) is 77.2 Å². The van der Waals surface area contributed by atoms with E-state index >= 15 is 0 Å². The molecule has 1 aromatic heterocycles. The van der Waals surface area contributed by atoms with Crippen LogP contribution in [-0.2, 0) is 4.79 Å². The van der Waals surface area contributed by atoms with E-state index in [-0.39, 0.29) is 12.5 Å². The highest BCUT2D eigenvalue weighted by atomic mass is 16.5. The summed E-state index contributed by atoms with van der Waals surface area (Å²) in [5.41, 5.74) is 4.24. The molecule has 3 aromatic carbocycles. The average molecular weight is 358 g/mol. The molecule has 5 nitrogen and oxygen atoms in total. The Morgan fingerprint density at radius 2 is 1.74 bits per heavy atom. The number of para-hydroxylation sites is 2. The maximum Gasteiger partial charge on any atom is 0.262 e. The number of carbonyl (C=O) groups excluding carboxylic acids is 1. The standard InChI is InChI=1S/C22H18N2O3/c1-15-6-12-18(13-7-15)26-14-21(25)23-17-10-8-16(9-11-17)22-24-19-4-2-3-5-20(19)27-22/h2-13H,14H2,1H3,(H,23,25). The number of amides is 1. The van der Waals surface area contributed by atoms with Gasteiger partial charge in [0, 0.05) is 11.3 Å². The molecule has 0 aliphatic heterocycles. The molecule has 0 radical (unpaired) electrons. The monoisotopic (exact) mass is 358 g/mol. The zero-order valence-corrected chi connectivity index (χ0v) is 14.8. The number of rotatable bonds is 5. The quantitative estimate of drug-likeness (QED) is 0.555. The summed E-state index contributed by atoms with van der Waals surface area (Å²) in [4.78, 5) is 16.5. The van der Waals surface area contributed by atoms with Gasteiger partial charge in [-0.25, -0.2) is 4.98 Å². The Morgan fingerprint density at radius 3 is 2.48 bits per heavy atom. The van der Waals surface area contributed by atoms with Crippen molar-refractivity contribution in [2.24, 2.45) is 0 Å². The third-order valence-electron chi connectivity index (χ3n) is 4.10. The van der Waals surface area contributed by atoms with Gasteiger partial charge in [0.15, 0.2) is 12.2 Å². The molecule has 4 aromatic rings.